The van der Waals surface area contributed by atoms with Crippen LogP contribution in [0, 0.1) is 11.8 Å². The summed E-state index contributed by atoms with van der Waals surface area (Å²) in [5.41, 5.74) is -0.466. The van der Waals surface area contributed by atoms with Crippen LogP contribution in [-0.4, -0.2) is 41.8 Å². The van der Waals surface area contributed by atoms with E-state index in [1.165, 1.54) is 0 Å². The Morgan fingerprint density at radius 1 is 1.47 bits per heavy atom. The predicted molar refractivity (Wildman–Crippen MR) is 72.7 cm³/mol. The second-order valence-electron chi connectivity index (χ2n) is 6.32. The van der Waals surface area contributed by atoms with Gasteiger partial charge in [0, 0.05) is 13.1 Å². The molecule has 1 aliphatic heterocycles. The Kier molecular flexibility index (Phi) is 5.12. The third kappa shape index (κ3) is 4.67. The highest BCUT2D eigenvalue weighted by Crippen LogP contribution is 2.28. The van der Waals surface area contributed by atoms with Gasteiger partial charge in [0.05, 0.1) is 6.04 Å². The maximum atomic E-state index is 12.0. The van der Waals surface area contributed by atoms with Crippen molar-refractivity contribution in [3.63, 3.8) is 0 Å². The van der Waals surface area contributed by atoms with Crippen LogP contribution in [0.3, 0.4) is 0 Å². The summed E-state index contributed by atoms with van der Waals surface area (Å²) >= 11 is 0. The minimum Gasteiger partial charge on any atom is -0.444 e. The maximum Gasteiger partial charge on any atom is 0.410 e. The van der Waals surface area contributed by atoms with Gasteiger partial charge in [-0.25, -0.2) is 14.6 Å². The van der Waals surface area contributed by atoms with Crippen molar-refractivity contribution in [3.05, 3.63) is 0 Å². The molecule has 1 heterocycles. The van der Waals surface area contributed by atoms with Crippen molar-refractivity contribution >= 4 is 12.2 Å². The molecule has 108 valence electrons. The smallest absolute Gasteiger partial charge is 0.410 e. The summed E-state index contributed by atoms with van der Waals surface area (Å²) in [5.74, 6) is 0.619. The predicted octanol–water partition coefficient (Wildman–Crippen LogP) is 2.60. The number of isocyanates is 1. The molecule has 0 N–H and O–H groups in total. The molecule has 1 saturated heterocycles. The van der Waals surface area contributed by atoms with E-state index in [9.17, 15) is 9.59 Å². The van der Waals surface area contributed by atoms with Crippen LogP contribution < -0.4 is 0 Å². The molecule has 0 spiro atoms. The largest absolute Gasteiger partial charge is 0.444 e. The Morgan fingerprint density at radius 3 is 2.58 bits per heavy atom. The van der Waals surface area contributed by atoms with Gasteiger partial charge in [-0.2, -0.15) is 0 Å². The summed E-state index contributed by atoms with van der Waals surface area (Å²) in [5, 5.41) is 0. The number of amides is 1. The highest BCUT2D eigenvalue weighted by molar-refractivity contribution is 5.68. The lowest BCUT2D eigenvalue weighted by Crippen LogP contribution is -2.46. The molecule has 0 aromatic carbocycles. The van der Waals surface area contributed by atoms with Crippen LogP contribution in [0.1, 0.15) is 41.0 Å². The second kappa shape index (κ2) is 6.20. The Morgan fingerprint density at radius 2 is 2.11 bits per heavy atom. The molecule has 0 bridgehead atoms. The molecule has 0 aromatic rings. The van der Waals surface area contributed by atoms with Crippen LogP contribution in [0.4, 0.5) is 4.79 Å². The van der Waals surface area contributed by atoms with E-state index >= 15 is 0 Å². The summed E-state index contributed by atoms with van der Waals surface area (Å²) in [6, 6.07) is -0.0340. The van der Waals surface area contributed by atoms with Crippen LogP contribution in [0.5, 0.6) is 0 Å². The molecule has 19 heavy (non-hydrogen) atoms. The number of piperidine rings is 1. The molecule has 1 fully saturated rings. The molecule has 0 aromatic heterocycles. The van der Waals surface area contributed by atoms with Gasteiger partial charge in [-0.3, -0.25) is 0 Å². The zero-order valence-electron chi connectivity index (χ0n) is 12.5. The summed E-state index contributed by atoms with van der Waals surface area (Å²) in [4.78, 5) is 27.8. The van der Waals surface area contributed by atoms with Crippen molar-refractivity contribution in [1.82, 2.24) is 4.90 Å². The van der Waals surface area contributed by atoms with E-state index in [4.69, 9.17) is 4.74 Å². The van der Waals surface area contributed by atoms with Crippen LogP contribution >= 0.6 is 0 Å². The van der Waals surface area contributed by atoms with Gasteiger partial charge in [-0.15, -0.1) is 0 Å². The third-order valence-corrected chi connectivity index (χ3v) is 3.50. The number of likely N-dealkylation sites (tertiary alicyclic amines) is 1. The molecule has 1 aliphatic rings. The number of ether oxygens (including phenoxy) is 1. The Bertz CT molecular complexity index is 369. The first-order chi connectivity index (χ1) is 8.74. The highest BCUT2D eigenvalue weighted by Gasteiger charge is 2.33. The average molecular weight is 268 g/mol. The Labute approximate surface area is 115 Å². The van der Waals surface area contributed by atoms with Crippen molar-refractivity contribution < 1.29 is 14.3 Å². The molecule has 0 radical (unpaired) electrons. The monoisotopic (exact) mass is 268 g/mol. The van der Waals surface area contributed by atoms with Gasteiger partial charge in [0.1, 0.15) is 5.60 Å². The molecule has 0 aliphatic carbocycles. The average Bonchev–Trinajstić information content (AvgIpc) is 2.26. The van der Waals surface area contributed by atoms with Gasteiger partial charge in [-0.1, -0.05) is 6.92 Å². The highest BCUT2D eigenvalue weighted by atomic mass is 16.6. The minimum atomic E-state index is -0.466. The molecule has 5 nitrogen and oxygen atoms in total. The first-order valence-electron chi connectivity index (χ1n) is 6.79. The molecular formula is C14H24N2O3. The van der Waals surface area contributed by atoms with Gasteiger partial charge in [0.15, 0.2) is 0 Å². The van der Waals surface area contributed by atoms with Crippen molar-refractivity contribution in [2.45, 2.75) is 52.7 Å². The van der Waals surface area contributed by atoms with E-state index in [-0.39, 0.29) is 12.1 Å². The third-order valence-electron chi connectivity index (χ3n) is 3.50. The van der Waals surface area contributed by atoms with Crippen molar-refractivity contribution in [2.75, 3.05) is 13.1 Å². The Balaban J connectivity index is 2.58. The summed E-state index contributed by atoms with van der Waals surface area (Å²) in [6.07, 6.45) is 2.20. The van der Waals surface area contributed by atoms with E-state index in [2.05, 4.69) is 11.9 Å². The van der Waals surface area contributed by atoms with E-state index in [1.807, 2.05) is 27.7 Å². The number of hydrogen-bond acceptors (Lipinski definition) is 4. The maximum absolute atomic E-state index is 12.0. The fourth-order valence-electron chi connectivity index (χ4n) is 2.55. The van der Waals surface area contributed by atoms with Gasteiger partial charge >= 0.3 is 6.09 Å². The van der Waals surface area contributed by atoms with Crippen LogP contribution in [0.2, 0.25) is 0 Å². The van der Waals surface area contributed by atoms with Gasteiger partial charge in [0.2, 0.25) is 6.08 Å². The van der Waals surface area contributed by atoms with Crippen molar-refractivity contribution in [1.29, 1.82) is 0 Å². The molecule has 1 amide bonds. The standard InChI is InChI=1S/C14H24N2O3/c1-10-8-16(13(18)19-14(3,4)5)7-6-12(10)11(2)15-9-17/h10-12H,6-8H2,1-5H3. The quantitative estimate of drug-likeness (QED) is 0.571. The lowest BCUT2D eigenvalue weighted by molar-refractivity contribution is 0.0103. The number of nitrogens with zero attached hydrogens (tertiary/aromatic N) is 2. The molecule has 0 saturated carbocycles. The summed E-state index contributed by atoms with van der Waals surface area (Å²) < 4.78 is 5.37. The molecule has 3 unspecified atom stereocenters. The fraction of sp³-hybridized carbons (Fsp3) is 0.857. The zero-order chi connectivity index (χ0) is 14.6. The van der Waals surface area contributed by atoms with Crippen molar-refractivity contribution in [2.24, 2.45) is 16.8 Å². The van der Waals surface area contributed by atoms with Gasteiger partial charge < -0.3 is 9.64 Å². The van der Waals surface area contributed by atoms with Gasteiger partial charge in [-0.05, 0) is 46.0 Å². The molecular weight excluding hydrogens is 244 g/mol. The van der Waals surface area contributed by atoms with E-state index in [0.29, 0.717) is 24.9 Å². The minimum absolute atomic E-state index is 0.0340. The normalized spacial score (nSPS) is 25.4. The summed E-state index contributed by atoms with van der Waals surface area (Å²) in [6.45, 7) is 10.9. The van der Waals surface area contributed by atoms with Crippen LogP contribution in [-0.2, 0) is 9.53 Å². The fourth-order valence-corrected chi connectivity index (χ4v) is 2.55. The molecule has 1 rings (SSSR count). The number of carbonyl (C=O) groups excluding carboxylic acids is 2. The summed E-state index contributed by atoms with van der Waals surface area (Å²) in [7, 11) is 0. The van der Waals surface area contributed by atoms with Crippen LogP contribution in [0.25, 0.3) is 0 Å². The zero-order valence-corrected chi connectivity index (χ0v) is 12.5. The number of carbonyl (C=O) groups is 1. The topological polar surface area (TPSA) is 59.0 Å². The first kappa shape index (κ1) is 15.7. The number of hydrogen-bond donors (Lipinski definition) is 0. The van der Waals surface area contributed by atoms with E-state index < -0.39 is 5.60 Å². The van der Waals surface area contributed by atoms with Crippen LogP contribution in [0.15, 0.2) is 4.99 Å². The van der Waals surface area contributed by atoms with Gasteiger partial charge in [0.25, 0.3) is 0 Å². The van der Waals surface area contributed by atoms with E-state index in [0.717, 1.165) is 6.42 Å². The van der Waals surface area contributed by atoms with Crippen molar-refractivity contribution in [3.8, 4) is 0 Å². The SMILES string of the molecule is CC1CN(C(=O)OC(C)(C)C)CCC1C(C)N=C=O. The molecule has 3 atom stereocenters. The Hall–Kier alpha value is -1.35. The van der Waals surface area contributed by atoms with E-state index in [1.54, 1.807) is 11.0 Å². The number of rotatable bonds is 2. The molecule has 5 heteroatoms. The lowest BCUT2D eigenvalue weighted by Gasteiger charge is -2.38. The number of aliphatic imine (C=N–C) groups is 1. The first-order valence-corrected chi connectivity index (χ1v) is 6.79. The lowest BCUT2D eigenvalue weighted by atomic mass is 9.82. The second-order valence-corrected chi connectivity index (χ2v) is 6.32.